The van der Waals surface area contributed by atoms with E-state index in [0.29, 0.717) is 10.7 Å². The third-order valence-corrected chi connectivity index (χ3v) is 10.7. The van der Waals surface area contributed by atoms with Gasteiger partial charge in [-0.15, -0.1) is 22.7 Å². The van der Waals surface area contributed by atoms with Gasteiger partial charge in [0.25, 0.3) is 11.1 Å². The van der Waals surface area contributed by atoms with Crippen molar-refractivity contribution in [1.29, 1.82) is 0 Å². The molecule has 8 rings (SSSR count). The second kappa shape index (κ2) is 16.8. The van der Waals surface area contributed by atoms with Gasteiger partial charge >= 0.3 is 11.4 Å². The Balaban J connectivity index is 0.000000248. The quantitative estimate of drug-likeness (QED) is 0.230. The Kier molecular flexibility index (Phi) is 11.8. The molecule has 2 N–H and O–H groups in total. The molecular weight excluding hydrogens is 810 g/mol. The molecule has 0 aliphatic rings. The number of anilines is 2. The van der Waals surface area contributed by atoms with Crippen LogP contribution in [-0.2, 0) is 69.4 Å². The molecule has 0 fully saturated rings. The maximum atomic E-state index is 12.5. The first kappa shape index (κ1) is 40.3. The molecule has 0 saturated heterocycles. The summed E-state index contributed by atoms with van der Waals surface area (Å²) in [6, 6.07) is 21.1. The van der Waals surface area contributed by atoms with Gasteiger partial charge in [-0.05, 0) is 35.4 Å². The molecule has 17 nitrogen and oxygen atoms in total. The van der Waals surface area contributed by atoms with E-state index >= 15 is 0 Å². The standard InChI is InChI=1S/C19H17N5O3S.C18H16N6O3S.V.2H2/c1-22-17-16(18(26)23(2)19(22)27)24(11-20-17)10-14(25)21-15-9-8-13(28-15)12-6-4-3-5-7-12;1-22-16-15(17(26)23(2)18(22)27)24(9-20-16)8-14(25)21-12-5-3-11(4-6-12)13-7-19-10-28-13;;;/h3-9,11H,10H2,1-2H3,(H,21,25);3-7,9-10H,8H2,1-2H3,(H,21,25);;2*1H. The third-order valence-electron chi connectivity index (χ3n) is 8.87. The van der Waals surface area contributed by atoms with E-state index in [-0.39, 0.29) is 68.6 Å². The number of amides is 2. The van der Waals surface area contributed by atoms with Gasteiger partial charge in [0.15, 0.2) is 22.3 Å². The molecule has 2 aromatic carbocycles. The summed E-state index contributed by atoms with van der Waals surface area (Å²) in [4.78, 5) is 88.1. The fraction of sp³-hybridized carbons (Fsp3) is 0.162. The number of imidazole rings is 2. The van der Waals surface area contributed by atoms with Crippen molar-refractivity contribution < 1.29 is 31.0 Å². The van der Waals surface area contributed by atoms with Crippen LogP contribution in [0.2, 0.25) is 0 Å². The summed E-state index contributed by atoms with van der Waals surface area (Å²) in [5.74, 6) is -0.586. The van der Waals surface area contributed by atoms with Crippen LogP contribution in [-0.4, -0.2) is 54.2 Å². The van der Waals surface area contributed by atoms with Crippen LogP contribution in [0.1, 0.15) is 2.85 Å². The average molecular weight is 847 g/mol. The number of hydrogen-bond donors (Lipinski definition) is 2. The number of benzene rings is 2. The minimum Gasteiger partial charge on any atom is -0.325 e. The summed E-state index contributed by atoms with van der Waals surface area (Å²) in [6.07, 6.45) is 4.57. The summed E-state index contributed by atoms with van der Waals surface area (Å²) in [6.45, 7) is -0.178. The summed E-state index contributed by atoms with van der Waals surface area (Å²) in [5, 5.41) is 6.37. The zero-order chi connectivity index (χ0) is 39.7. The van der Waals surface area contributed by atoms with E-state index in [0.717, 1.165) is 30.0 Å². The Morgan fingerprint density at radius 1 is 0.649 bits per heavy atom. The van der Waals surface area contributed by atoms with Crippen LogP contribution in [0, 0.1) is 0 Å². The van der Waals surface area contributed by atoms with Gasteiger partial charge in [0.2, 0.25) is 11.8 Å². The Hall–Kier alpha value is -6.41. The van der Waals surface area contributed by atoms with Crippen molar-refractivity contribution in [3.8, 4) is 20.9 Å². The summed E-state index contributed by atoms with van der Waals surface area (Å²) >= 11 is 3.01. The Morgan fingerprint density at radius 2 is 1.18 bits per heavy atom. The summed E-state index contributed by atoms with van der Waals surface area (Å²) in [5.41, 5.74) is 3.54. The van der Waals surface area contributed by atoms with Crippen LogP contribution >= 0.6 is 22.7 Å². The van der Waals surface area contributed by atoms with Gasteiger partial charge in [-0.2, -0.15) is 0 Å². The topological polar surface area (TPSA) is 195 Å². The number of nitrogens with one attached hydrogen (secondary N) is 2. The van der Waals surface area contributed by atoms with Crippen molar-refractivity contribution in [2.45, 2.75) is 13.1 Å². The van der Waals surface area contributed by atoms with Crippen molar-refractivity contribution in [3.05, 3.63) is 133 Å². The molecule has 0 bridgehead atoms. The van der Waals surface area contributed by atoms with Crippen LogP contribution < -0.4 is 33.1 Å². The minimum absolute atomic E-state index is 0. The van der Waals surface area contributed by atoms with E-state index in [2.05, 4.69) is 25.6 Å². The molecular formula is C37H37N11O6S2V. The first-order valence-corrected chi connectivity index (χ1v) is 18.6. The van der Waals surface area contributed by atoms with Crippen molar-refractivity contribution in [2.24, 2.45) is 28.2 Å². The third kappa shape index (κ3) is 8.12. The second-order valence-corrected chi connectivity index (χ2v) is 14.5. The van der Waals surface area contributed by atoms with E-state index in [1.165, 1.54) is 81.8 Å². The molecule has 1 radical (unpaired) electrons. The van der Waals surface area contributed by atoms with Gasteiger partial charge < -0.3 is 19.8 Å². The van der Waals surface area contributed by atoms with E-state index in [4.69, 9.17) is 0 Å². The summed E-state index contributed by atoms with van der Waals surface area (Å²) in [7, 11) is 5.87. The average Bonchev–Trinajstić information content (AvgIpc) is 4.04. The van der Waals surface area contributed by atoms with Gasteiger partial charge in [0.05, 0.1) is 28.0 Å². The number of aromatic nitrogens is 9. The molecule has 0 saturated carbocycles. The van der Waals surface area contributed by atoms with E-state index in [1.54, 1.807) is 11.7 Å². The fourth-order valence-electron chi connectivity index (χ4n) is 5.96. The number of hydrogen-bond acceptors (Lipinski definition) is 11. The van der Waals surface area contributed by atoms with Gasteiger partial charge in [0, 0.05) is 66.4 Å². The fourth-order valence-corrected chi connectivity index (χ4v) is 7.52. The maximum Gasteiger partial charge on any atom is 0.332 e. The minimum atomic E-state index is -0.489. The maximum absolute atomic E-state index is 12.5. The number of fused-ring (bicyclic) bond motifs is 2. The molecule has 0 aliphatic carbocycles. The molecule has 20 heteroatoms. The number of carbonyl (C=O) groups is 2. The summed E-state index contributed by atoms with van der Waals surface area (Å²) < 4.78 is 7.47. The Bertz CT molecular complexity index is 3010. The van der Waals surface area contributed by atoms with Gasteiger partial charge in [-0.1, -0.05) is 42.5 Å². The van der Waals surface area contributed by atoms with E-state index in [1.807, 2.05) is 66.7 Å². The molecule has 0 aliphatic heterocycles. The van der Waals surface area contributed by atoms with Crippen LogP contribution in [0.3, 0.4) is 0 Å². The second-order valence-electron chi connectivity index (χ2n) is 12.6. The van der Waals surface area contributed by atoms with Crippen molar-refractivity contribution >= 4 is 67.5 Å². The van der Waals surface area contributed by atoms with Gasteiger partial charge in [-0.3, -0.25) is 42.4 Å². The normalized spacial score (nSPS) is 10.9. The van der Waals surface area contributed by atoms with Crippen molar-refractivity contribution in [1.82, 2.24) is 42.4 Å². The van der Waals surface area contributed by atoms with Gasteiger partial charge in [-0.25, -0.2) is 19.6 Å². The van der Waals surface area contributed by atoms with Crippen molar-refractivity contribution in [2.75, 3.05) is 10.6 Å². The Labute approximate surface area is 345 Å². The van der Waals surface area contributed by atoms with Crippen LogP contribution in [0.15, 0.2) is 110 Å². The zero-order valence-corrected chi connectivity index (χ0v) is 33.8. The molecule has 0 spiro atoms. The number of aryl methyl sites for hydroxylation is 2. The number of nitrogens with zero attached hydrogens (tertiary/aromatic N) is 9. The van der Waals surface area contributed by atoms with E-state index < -0.39 is 22.5 Å². The Morgan fingerprint density at radius 3 is 1.70 bits per heavy atom. The number of carbonyl (C=O) groups excluding carboxylic acids is 2. The molecule has 8 aromatic rings. The molecule has 2 amide bonds. The van der Waals surface area contributed by atoms with E-state index in [9.17, 15) is 28.8 Å². The molecule has 6 aromatic heterocycles. The monoisotopic (exact) mass is 846 g/mol. The van der Waals surface area contributed by atoms with Crippen molar-refractivity contribution in [3.63, 3.8) is 0 Å². The largest absolute Gasteiger partial charge is 0.332 e. The van der Waals surface area contributed by atoms with Crippen LogP contribution in [0.25, 0.3) is 43.2 Å². The molecule has 293 valence electrons. The molecule has 6 heterocycles. The number of rotatable bonds is 8. The van der Waals surface area contributed by atoms with Crippen LogP contribution in [0.5, 0.6) is 0 Å². The molecule has 57 heavy (non-hydrogen) atoms. The van der Waals surface area contributed by atoms with Gasteiger partial charge in [0.1, 0.15) is 13.1 Å². The first-order valence-electron chi connectivity index (χ1n) is 16.9. The number of thiazole rings is 1. The molecule has 0 unspecified atom stereocenters. The predicted octanol–water partition coefficient (Wildman–Crippen LogP) is 3.49. The first-order chi connectivity index (χ1) is 26.9. The molecule has 0 atom stereocenters. The zero-order valence-electron chi connectivity index (χ0n) is 30.8. The smallest absolute Gasteiger partial charge is 0.325 e. The SMILES string of the molecule is Cn1c(=O)c2c(ncn2CC(=O)Nc2ccc(-c3ccccc3)s2)n(C)c1=O.Cn1c(=O)c2c(ncn2CC(=O)Nc2ccc(-c3cncs3)cc2)n(C)c1=O.[HH].[HH].[V]. The predicted molar refractivity (Wildman–Crippen MR) is 219 cm³/mol. The van der Waals surface area contributed by atoms with Crippen LogP contribution in [0.4, 0.5) is 10.7 Å². The number of thiophene rings is 1.